The summed E-state index contributed by atoms with van der Waals surface area (Å²) in [5.74, 6) is 0.776. The van der Waals surface area contributed by atoms with E-state index in [0.717, 1.165) is 12.4 Å². The van der Waals surface area contributed by atoms with Crippen molar-refractivity contribution in [3.63, 3.8) is 0 Å². The molecule has 122 valence electrons. The number of nitrogens with one attached hydrogen (secondary N) is 1. The minimum atomic E-state index is -0.104. The van der Waals surface area contributed by atoms with Crippen molar-refractivity contribution in [2.75, 3.05) is 36.4 Å². The molecule has 0 aromatic carbocycles. The van der Waals surface area contributed by atoms with Crippen molar-refractivity contribution >= 4 is 29.1 Å². The first-order valence-corrected chi connectivity index (χ1v) is 7.99. The zero-order valence-electron chi connectivity index (χ0n) is 12.9. The summed E-state index contributed by atoms with van der Waals surface area (Å²) in [5.41, 5.74) is 0.715. The average Bonchev–Trinajstić information content (AvgIpc) is 3.03. The maximum absolute atomic E-state index is 12.3. The second-order valence-electron chi connectivity index (χ2n) is 5.30. The predicted molar refractivity (Wildman–Crippen MR) is 90.0 cm³/mol. The van der Waals surface area contributed by atoms with E-state index < -0.39 is 0 Å². The average molecular weight is 335 g/mol. The summed E-state index contributed by atoms with van der Waals surface area (Å²) in [6.45, 7) is 5.44. The number of carbonyl (C=O) groups is 1. The van der Waals surface area contributed by atoms with Crippen LogP contribution >= 0.6 is 11.6 Å². The highest BCUT2D eigenvalue weighted by Gasteiger charge is 2.23. The van der Waals surface area contributed by atoms with Gasteiger partial charge in [-0.2, -0.15) is 5.10 Å². The van der Waals surface area contributed by atoms with E-state index in [0.29, 0.717) is 36.9 Å². The Hall–Kier alpha value is -2.28. The molecule has 0 spiro atoms. The van der Waals surface area contributed by atoms with E-state index in [2.05, 4.69) is 20.3 Å². The smallest absolute Gasteiger partial charge is 0.322 e. The molecule has 1 aliphatic rings. The number of piperazine rings is 1. The lowest BCUT2D eigenvalue weighted by molar-refractivity contribution is 0.208. The fourth-order valence-corrected chi connectivity index (χ4v) is 2.78. The van der Waals surface area contributed by atoms with Crippen LogP contribution < -0.4 is 10.2 Å². The van der Waals surface area contributed by atoms with Gasteiger partial charge in [-0.25, -0.2) is 9.78 Å². The number of hydrogen-bond acceptors (Lipinski definition) is 4. The highest BCUT2D eigenvalue weighted by Crippen LogP contribution is 2.23. The van der Waals surface area contributed by atoms with Crippen LogP contribution in [0.1, 0.15) is 6.92 Å². The normalized spacial score (nSPS) is 14.9. The first-order valence-electron chi connectivity index (χ1n) is 7.61. The molecule has 1 N–H and O–H groups in total. The molecule has 0 saturated carbocycles. The summed E-state index contributed by atoms with van der Waals surface area (Å²) in [6.07, 6.45) is 5.21. The summed E-state index contributed by atoms with van der Waals surface area (Å²) in [6, 6.07) is 3.53. The van der Waals surface area contributed by atoms with Crippen LogP contribution in [-0.2, 0) is 6.54 Å². The number of anilines is 2. The van der Waals surface area contributed by atoms with Crippen LogP contribution in [0.15, 0.2) is 30.7 Å². The highest BCUT2D eigenvalue weighted by atomic mass is 35.5. The largest absolute Gasteiger partial charge is 0.352 e. The van der Waals surface area contributed by atoms with Crippen molar-refractivity contribution in [3.8, 4) is 0 Å². The Morgan fingerprint density at radius 2 is 2.13 bits per heavy atom. The SMILES string of the molecule is CCn1cc(NC(=O)N2CCN(c3ncccc3Cl)CC2)cn1. The molecule has 2 aromatic rings. The van der Waals surface area contributed by atoms with Crippen molar-refractivity contribution in [2.45, 2.75) is 13.5 Å². The van der Waals surface area contributed by atoms with Crippen LogP contribution in [0.25, 0.3) is 0 Å². The Balaban J connectivity index is 1.56. The van der Waals surface area contributed by atoms with E-state index in [1.165, 1.54) is 0 Å². The Bertz CT molecular complexity index is 680. The van der Waals surface area contributed by atoms with Gasteiger partial charge in [-0.1, -0.05) is 11.6 Å². The molecule has 2 aromatic heterocycles. The van der Waals surface area contributed by atoms with Gasteiger partial charge in [-0.15, -0.1) is 0 Å². The minimum absolute atomic E-state index is 0.104. The molecule has 1 fully saturated rings. The molecule has 0 aliphatic carbocycles. The number of nitrogens with zero attached hydrogens (tertiary/aromatic N) is 5. The number of aromatic nitrogens is 3. The molecular weight excluding hydrogens is 316 g/mol. The van der Waals surface area contributed by atoms with E-state index >= 15 is 0 Å². The number of carbonyl (C=O) groups excluding carboxylic acids is 1. The number of urea groups is 1. The molecule has 3 rings (SSSR count). The maximum Gasteiger partial charge on any atom is 0.322 e. The van der Waals surface area contributed by atoms with Gasteiger partial charge in [0, 0.05) is 45.1 Å². The summed E-state index contributed by atoms with van der Waals surface area (Å²) in [5, 5.41) is 7.66. The number of halogens is 1. The lowest BCUT2D eigenvalue weighted by atomic mass is 10.3. The lowest BCUT2D eigenvalue weighted by Crippen LogP contribution is -2.50. The number of pyridine rings is 1. The molecule has 0 atom stereocenters. The van der Waals surface area contributed by atoms with Crippen molar-refractivity contribution in [3.05, 3.63) is 35.7 Å². The Labute approximate surface area is 139 Å². The quantitative estimate of drug-likeness (QED) is 0.935. The fraction of sp³-hybridized carbons (Fsp3) is 0.400. The Kier molecular flexibility index (Phi) is 4.66. The molecular formula is C15H19ClN6O. The van der Waals surface area contributed by atoms with Gasteiger partial charge < -0.3 is 15.1 Å². The van der Waals surface area contributed by atoms with Crippen LogP contribution in [0.3, 0.4) is 0 Å². The lowest BCUT2D eigenvalue weighted by Gasteiger charge is -2.35. The van der Waals surface area contributed by atoms with E-state index in [4.69, 9.17) is 11.6 Å². The van der Waals surface area contributed by atoms with Gasteiger partial charge in [0.1, 0.15) is 5.82 Å². The molecule has 8 heteroatoms. The number of hydrogen-bond donors (Lipinski definition) is 1. The number of amides is 2. The molecule has 1 saturated heterocycles. The van der Waals surface area contributed by atoms with E-state index in [-0.39, 0.29) is 6.03 Å². The maximum atomic E-state index is 12.3. The predicted octanol–water partition coefficient (Wildman–Crippen LogP) is 2.31. The van der Waals surface area contributed by atoms with Crippen molar-refractivity contribution in [1.29, 1.82) is 0 Å². The van der Waals surface area contributed by atoms with E-state index in [1.54, 1.807) is 22.0 Å². The topological polar surface area (TPSA) is 66.3 Å². The molecule has 3 heterocycles. The van der Waals surface area contributed by atoms with Crippen LogP contribution in [0.4, 0.5) is 16.3 Å². The van der Waals surface area contributed by atoms with Crippen molar-refractivity contribution in [1.82, 2.24) is 19.7 Å². The van der Waals surface area contributed by atoms with Gasteiger partial charge in [0.2, 0.25) is 0 Å². The summed E-state index contributed by atoms with van der Waals surface area (Å²) >= 11 is 6.17. The second kappa shape index (κ2) is 6.87. The van der Waals surface area contributed by atoms with Gasteiger partial charge in [0.05, 0.1) is 16.9 Å². The molecule has 0 radical (unpaired) electrons. The third-order valence-corrected chi connectivity index (χ3v) is 4.11. The van der Waals surface area contributed by atoms with Crippen LogP contribution in [0.5, 0.6) is 0 Å². The first kappa shape index (κ1) is 15.6. The van der Waals surface area contributed by atoms with Gasteiger partial charge >= 0.3 is 6.03 Å². The first-order chi connectivity index (χ1) is 11.2. The zero-order chi connectivity index (χ0) is 16.2. The van der Waals surface area contributed by atoms with Gasteiger partial charge in [-0.3, -0.25) is 4.68 Å². The molecule has 7 nitrogen and oxygen atoms in total. The Morgan fingerprint density at radius 1 is 1.35 bits per heavy atom. The third kappa shape index (κ3) is 3.56. The van der Waals surface area contributed by atoms with Crippen LogP contribution in [-0.4, -0.2) is 51.9 Å². The molecule has 0 unspecified atom stereocenters. The van der Waals surface area contributed by atoms with Gasteiger partial charge in [0.25, 0.3) is 0 Å². The zero-order valence-corrected chi connectivity index (χ0v) is 13.7. The van der Waals surface area contributed by atoms with E-state index in [1.807, 2.05) is 25.3 Å². The second-order valence-corrected chi connectivity index (χ2v) is 5.70. The number of rotatable bonds is 3. The molecule has 23 heavy (non-hydrogen) atoms. The molecule has 0 bridgehead atoms. The van der Waals surface area contributed by atoms with Crippen LogP contribution in [0, 0.1) is 0 Å². The summed E-state index contributed by atoms with van der Waals surface area (Å²) < 4.78 is 1.77. The molecule has 1 aliphatic heterocycles. The number of aryl methyl sites for hydroxylation is 1. The minimum Gasteiger partial charge on any atom is -0.352 e. The highest BCUT2D eigenvalue weighted by molar-refractivity contribution is 6.32. The monoisotopic (exact) mass is 334 g/mol. The summed E-state index contributed by atoms with van der Waals surface area (Å²) in [4.78, 5) is 20.5. The van der Waals surface area contributed by atoms with Gasteiger partial charge in [-0.05, 0) is 19.1 Å². The summed E-state index contributed by atoms with van der Waals surface area (Å²) in [7, 11) is 0. The van der Waals surface area contributed by atoms with Crippen LogP contribution in [0.2, 0.25) is 5.02 Å². The molecule has 2 amide bonds. The third-order valence-electron chi connectivity index (χ3n) is 3.81. The standard InChI is InChI=1S/C15H19ClN6O/c1-2-22-11-12(10-18-22)19-15(23)21-8-6-20(7-9-21)14-13(16)4-3-5-17-14/h3-5,10-11H,2,6-9H2,1H3,(H,19,23). The fourth-order valence-electron chi connectivity index (χ4n) is 2.53. The van der Waals surface area contributed by atoms with Gasteiger partial charge in [0.15, 0.2) is 0 Å². The Morgan fingerprint density at radius 3 is 2.78 bits per heavy atom. The van der Waals surface area contributed by atoms with E-state index in [9.17, 15) is 4.79 Å². The van der Waals surface area contributed by atoms with Crippen molar-refractivity contribution < 1.29 is 4.79 Å². The van der Waals surface area contributed by atoms with Crippen molar-refractivity contribution in [2.24, 2.45) is 0 Å².